The minimum absolute atomic E-state index is 0.350. The van der Waals surface area contributed by atoms with E-state index in [0.717, 1.165) is 11.7 Å². The second kappa shape index (κ2) is 7.56. The van der Waals surface area contributed by atoms with Crippen LogP contribution in [-0.4, -0.2) is 42.8 Å². The van der Waals surface area contributed by atoms with E-state index < -0.39 is 14.1 Å². The first-order valence-electron chi connectivity index (χ1n) is 6.95. The van der Waals surface area contributed by atoms with Crippen LogP contribution in [0.15, 0.2) is 12.5 Å². The average Bonchev–Trinajstić information content (AvgIpc) is 2.75. The Bertz CT molecular complexity index is 428. The zero-order valence-electron chi connectivity index (χ0n) is 12.6. The number of hydrogen-bond acceptors (Lipinski definition) is 5. The van der Waals surface area contributed by atoms with E-state index in [1.54, 1.807) is 6.33 Å². The van der Waals surface area contributed by atoms with E-state index in [1.807, 2.05) is 10.8 Å². The van der Waals surface area contributed by atoms with Gasteiger partial charge >= 0.3 is 5.97 Å². The predicted octanol–water partition coefficient (Wildman–Crippen LogP) is 0.593. The van der Waals surface area contributed by atoms with Crippen molar-refractivity contribution in [3.8, 4) is 0 Å². The molecule has 20 heavy (non-hydrogen) atoms. The first-order valence-corrected chi connectivity index (χ1v) is 10.7. The van der Waals surface area contributed by atoms with E-state index in [4.69, 9.17) is 16.2 Å². The molecule has 1 heterocycles. The molecule has 0 aliphatic heterocycles. The van der Waals surface area contributed by atoms with Crippen molar-refractivity contribution in [2.75, 3.05) is 13.2 Å². The summed E-state index contributed by atoms with van der Waals surface area (Å²) in [6, 6.07) is 0.300. The lowest BCUT2D eigenvalue weighted by atomic mass is 10.2. The van der Waals surface area contributed by atoms with E-state index >= 15 is 0 Å². The number of aromatic nitrogens is 2. The number of nitrogens with zero attached hydrogens (tertiary/aromatic N) is 2. The molecule has 6 nitrogen and oxygen atoms in total. The molecule has 0 radical (unpaired) electrons. The first kappa shape index (κ1) is 16.9. The van der Waals surface area contributed by atoms with Crippen LogP contribution in [-0.2, 0) is 22.5 Å². The smallest absolute Gasteiger partial charge is 0.323 e. The Morgan fingerprint density at radius 1 is 1.50 bits per heavy atom. The maximum atomic E-state index is 11.8. The van der Waals surface area contributed by atoms with Crippen LogP contribution in [0.1, 0.15) is 5.69 Å². The van der Waals surface area contributed by atoms with Crippen molar-refractivity contribution >= 4 is 14.0 Å². The van der Waals surface area contributed by atoms with Gasteiger partial charge in [-0.2, -0.15) is 0 Å². The molecule has 0 amide bonds. The van der Waals surface area contributed by atoms with Crippen LogP contribution in [0.5, 0.6) is 0 Å². The number of carbonyl (C=O) groups is 1. The Morgan fingerprint density at radius 2 is 2.20 bits per heavy atom. The van der Waals surface area contributed by atoms with Crippen molar-refractivity contribution in [1.29, 1.82) is 0 Å². The number of rotatable bonds is 8. The van der Waals surface area contributed by atoms with Gasteiger partial charge in [0.15, 0.2) is 0 Å². The van der Waals surface area contributed by atoms with E-state index in [0.29, 0.717) is 26.1 Å². The summed E-state index contributed by atoms with van der Waals surface area (Å²) >= 11 is 0. The highest BCUT2D eigenvalue weighted by Crippen LogP contribution is 2.08. The summed E-state index contributed by atoms with van der Waals surface area (Å²) in [6.45, 7) is 8.45. The number of imidazole rings is 1. The third-order valence-corrected chi connectivity index (χ3v) is 4.61. The standard InChI is InChI=1S/C13H26N4O2Si/c1-20(2,3)7-6-19-13(18)12(15)8-11-9-17(5-4-14)10-16-11/h9-10,12H,4-8,14-15H2,1-3H3. The fraction of sp³-hybridized carbons (Fsp3) is 0.692. The number of carbonyl (C=O) groups excluding carboxylic acids is 1. The van der Waals surface area contributed by atoms with Crippen LogP contribution in [0.2, 0.25) is 25.7 Å². The second-order valence-electron chi connectivity index (χ2n) is 6.18. The monoisotopic (exact) mass is 298 g/mol. The summed E-state index contributed by atoms with van der Waals surface area (Å²) in [4.78, 5) is 16.0. The van der Waals surface area contributed by atoms with Crippen molar-refractivity contribution in [1.82, 2.24) is 9.55 Å². The van der Waals surface area contributed by atoms with Gasteiger partial charge in [0.05, 0.1) is 18.6 Å². The zero-order chi connectivity index (χ0) is 15.2. The van der Waals surface area contributed by atoms with Gasteiger partial charge < -0.3 is 20.8 Å². The van der Waals surface area contributed by atoms with E-state index in [9.17, 15) is 4.79 Å². The normalized spacial score (nSPS) is 13.2. The van der Waals surface area contributed by atoms with Crippen molar-refractivity contribution < 1.29 is 9.53 Å². The van der Waals surface area contributed by atoms with Crippen LogP contribution in [0, 0.1) is 0 Å². The second-order valence-corrected chi connectivity index (χ2v) is 11.8. The Balaban J connectivity index is 2.37. The average molecular weight is 298 g/mol. The molecule has 114 valence electrons. The Hall–Kier alpha value is -1.18. The minimum atomic E-state index is -1.18. The number of esters is 1. The summed E-state index contributed by atoms with van der Waals surface area (Å²) in [6.07, 6.45) is 3.96. The molecule has 1 aromatic heterocycles. The lowest BCUT2D eigenvalue weighted by molar-refractivity contribution is -0.144. The van der Waals surface area contributed by atoms with Gasteiger partial charge in [0, 0.05) is 33.8 Å². The fourth-order valence-corrected chi connectivity index (χ4v) is 2.37. The molecular formula is C13H26N4O2Si. The molecule has 4 N–H and O–H groups in total. The van der Waals surface area contributed by atoms with Crippen LogP contribution < -0.4 is 11.5 Å². The molecule has 1 aromatic rings. The summed E-state index contributed by atoms with van der Waals surface area (Å²) in [7, 11) is -1.18. The molecule has 1 rings (SSSR count). The highest BCUT2D eigenvalue weighted by molar-refractivity contribution is 6.76. The van der Waals surface area contributed by atoms with Crippen molar-refractivity contribution in [2.45, 2.75) is 44.7 Å². The molecule has 0 spiro atoms. The van der Waals surface area contributed by atoms with Gasteiger partial charge in [0.1, 0.15) is 6.04 Å². The van der Waals surface area contributed by atoms with Crippen LogP contribution >= 0.6 is 0 Å². The van der Waals surface area contributed by atoms with E-state index in [1.165, 1.54) is 0 Å². The topological polar surface area (TPSA) is 96.2 Å². The van der Waals surface area contributed by atoms with Gasteiger partial charge in [0.25, 0.3) is 0 Å². The highest BCUT2D eigenvalue weighted by atomic mass is 28.3. The van der Waals surface area contributed by atoms with Gasteiger partial charge in [0.2, 0.25) is 0 Å². The first-order chi connectivity index (χ1) is 9.31. The van der Waals surface area contributed by atoms with Gasteiger partial charge in [-0.1, -0.05) is 19.6 Å². The molecular weight excluding hydrogens is 272 g/mol. The summed E-state index contributed by atoms with van der Waals surface area (Å²) in [5.74, 6) is -0.350. The Kier molecular flexibility index (Phi) is 6.38. The van der Waals surface area contributed by atoms with Gasteiger partial charge in [-0.05, 0) is 6.04 Å². The van der Waals surface area contributed by atoms with Crippen molar-refractivity contribution in [3.05, 3.63) is 18.2 Å². The Morgan fingerprint density at radius 3 is 2.80 bits per heavy atom. The summed E-state index contributed by atoms with van der Waals surface area (Å²) in [5, 5.41) is 0. The number of hydrogen-bond donors (Lipinski definition) is 2. The fourth-order valence-electron chi connectivity index (χ4n) is 1.66. The lowest BCUT2D eigenvalue weighted by Crippen LogP contribution is -2.35. The SMILES string of the molecule is C[Si](C)(C)CCOC(=O)C(N)Cc1cn(CCN)cn1. The molecule has 0 fully saturated rings. The van der Waals surface area contributed by atoms with Crippen LogP contribution in [0.4, 0.5) is 0 Å². The number of ether oxygens (including phenoxy) is 1. The van der Waals surface area contributed by atoms with E-state index in [2.05, 4.69) is 24.6 Å². The predicted molar refractivity (Wildman–Crippen MR) is 82.1 cm³/mol. The minimum Gasteiger partial charge on any atom is -0.465 e. The molecule has 0 saturated carbocycles. The molecule has 0 aliphatic rings. The third kappa shape index (κ3) is 6.31. The molecule has 0 aliphatic carbocycles. The lowest BCUT2D eigenvalue weighted by Gasteiger charge is -2.16. The molecule has 0 saturated heterocycles. The van der Waals surface area contributed by atoms with Crippen molar-refractivity contribution in [2.24, 2.45) is 11.5 Å². The van der Waals surface area contributed by atoms with Gasteiger partial charge in [-0.3, -0.25) is 4.79 Å². The quantitative estimate of drug-likeness (QED) is 0.541. The molecule has 1 unspecified atom stereocenters. The molecule has 7 heteroatoms. The van der Waals surface area contributed by atoms with Gasteiger partial charge in [-0.25, -0.2) is 4.98 Å². The molecule has 0 aromatic carbocycles. The third-order valence-electron chi connectivity index (χ3n) is 2.90. The maximum Gasteiger partial charge on any atom is 0.323 e. The molecule has 0 bridgehead atoms. The zero-order valence-corrected chi connectivity index (χ0v) is 13.6. The number of nitrogens with two attached hydrogens (primary N) is 2. The van der Waals surface area contributed by atoms with Crippen LogP contribution in [0.3, 0.4) is 0 Å². The van der Waals surface area contributed by atoms with Crippen molar-refractivity contribution in [3.63, 3.8) is 0 Å². The Labute approximate surface area is 121 Å². The summed E-state index contributed by atoms with van der Waals surface area (Å²) < 4.78 is 7.11. The highest BCUT2D eigenvalue weighted by Gasteiger charge is 2.19. The van der Waals surface area contributed by atoms with Crippen LogP contribution in [0.25, 0.3) is 0 Å². The molecule has 1 atom stereocenters. The largest absolute Gasteiger partial charge is 0.465 e. The summed E-state index contributed by atoms with van der Waals surface area (Å²) in [5.41, 5.74) is 12.1. The van der Waals surface area contributed by atoms with Gasteiger partial charge in [-0.15, -0.1) is 0 Å². The van der Waals surface area contributed by atoms with E-state index in [-0.39, 0.29) is 5.97 Å². The maximum absolute atomic E-state index is 11.8.